The zero-order valence-corrected chi connectivity index (χ0v) is 21.0. The van der Waals surface area contributed by atoms with E-state index in [0.717, 1.165) is 0 Å². The molecule has 8 nitrogen and oxygen atoms in total. The zero-order chi connectivity index (χ0) is 27.1. The smallest absolute Gasteiger partial charge is 0.266 e. The second kappa shape index (κ2) is 9.52. The Labute approximate surface area is 227 Å². The first-order valence-electron chi connectivity index (χ1n) is 12.7. The summed E-state index contributed by atoms with van der Waals surface area (Å²) >= 11 is 0. The first kappa shape index (κ1) is 23.4. The normalized spacial score (nSPS) is 11.2. The largest absolute Gasteiger partial charge is 0.268 e. The van der Waals surface area contributed by atoms with Crippen LogP contribution in [0.4, 0.5) is 0 Å². The van der Waals surface area contributed by atoms with Crippen LogP contribution >= 0.6 is 0 Å². The summed E-state index contributed by atoms with van der Waals surface area (Å²) in [4.78, 5) is 46.0. The van der Waals surface area contributed by atoms with Crippen molar-refractivity contribution in [1.82, 2.24) is 29.1 Å². The molecule has 0 bridgehead atoms. The van der Waals surface area contributed by atoms with Crippen molar-refractivity contribution in [2.24, 2.45) is 0 Å². The highest BCUT2D eigenvalue weighted by Gasteiger charge is 2.18. The molecule has 7 rings (SSSR count). The fourth-order valence-corrected chi connectivity index (χ4v) is 4.83. The Balaban J connectivity index is 1.45. The molecule has 0 spiro atoms. The van der Waals surface area contributed by atoms with Gasteiger partial charge in [-0.1, -0.05) is 36.4 Å². The SMILES string of the molecule is O=c1c2ccccc2nc(-c2ccccn2)n1-c1ccc(-n2c(-c3ccccn3)nc3ccccc3c2=O)cc1. The third-order valence-electron chi connectivity index (χ3n) is 6.71. The molecule has 0 aliphatic carbocycles. The number of benzene rings is 3. The first-order chi connectivity index (χ1) is 19.7. The van der Waals surface area contributed by atoms with Gasteiger partial charge in [0.05, 0.1) is 33.2 Å². The molecule has 0 unspecified atom stereocenters. The Morgan fingerprint density at radius 1 is 0.450 bits per heavy atom. The van der Waals surface area contributed by atoms with Gasteiger partial charge in [-0.25, -0.2) is 9.97 Å². The minimum absolute atomic E-state index is 0.210. The lowest BCUT2D eigenvalue weighted by Gasteiger charge is -2.16. The van der Waals surface area contributed by atoms with E-state index in [1.165, 1.54) is 0 Å². The second-order valence-electron chi connectivity index (χ2n) is 9.13. The van der Waals surface area contributed by atoms with E-state index in [4.69, 9.17) is 9.97 Å². The number of rotatable bonds is 4. The Kier molecular flexibility index (Phi) is 5.56. The van der Waals surface area contributed by atoms with Gasteiger partial charge in [0.25, 0.3) is 11.1 Å². The van der Waals surface area contributed by atoms with Crippen molar-refractivity contribution in [2.75, 3.05) is 0 Å². The van der Waals surface area contributed by atoms with Gasteiger partial charge < -0.3 is 0 Å². The van der Waals surface area contributed by atoms with Crippen LogP contribution in [-0.2, 0) is 0 Å². The fourth-order valence-electron chi connectivity index (χ4n) is 4.83. The Bertz CT molecular complexity index is 1980. The van der Waals surface area contributed by atoms with Crippen molar-refractivity contribution >= 4 is 21.8 Å². The predicted molar refractivity (Wildman–Crippen MR) is 155 cm³/mol. The minimum Gasteiger partial charge on any atom is -0.268 e. The first-order valence-corrected chi connectivity index (χ1v) is 12.7. The molecule has 190 valence electrons. The summed E-state index contributed by atoms with van der Waals surface area (Å²) in [6, 6.07) is 32.7. The molecule has 0 atom stereocenters. The van der Waals surface area contributed by atoms with Crippen LogP contribution in [0.3, 0.4) is 0 Å². The molecular formula is C32H20N6O2. The molecule has 3 aromatic carbocycles. The van der Waals surface area contributed by atoms with Crippen molar-refractivity contribution < 1.29 is 0 Å². The maximum Gasteiger partial charge on any atom is 0.266 e. The van der Waals surface area contributed by atoms with Crippen molar-refractivity contribution in [3.63, 3.8) is 0 Å². The van der Waals surface area contributed by atoms with Crippen LogP contribution in [0.15, 0.2) is 131 Å². The van der Waals surface area contributed by atoms with E-state index in [0.29, 0.717) is 56.2 Å². The van der Waals surface area contributed by atoms with E-state index < -0.39 is 0 Å². The van der Waals surface area contributed by atoms with Crippen LogP contribution in [0.5, 0.6) is 0 Å². The van der Waals surface area contributed by atoms with Crippen LogP contribution in [0.2, 0.25) is 0 Å². The molecule has 0 aliphatic rings. The lowest BCUT2D eigenvalue weighted by Crippen LogP contribution is -2.23. The van der Waals surface area contributed by atoms with Gasteiger partial charge >= 0.3 is 0 Å². The Hall–Kier alpha value is -5.76. The molecule has 8 heteroatoms. The quantitative estimate of drug-likeness (QED) is 0.316. The highest BCUT2D eigenvalue weighted by atomic mass is 16.1. The molecule has 0 saturated carbocycles. The summed E-state index contributed by atoms with van der Waals surface area (Å²) in [5.41, 5.74) is 3.09. The molecule has 0 saturated heterocycles. The number of pyridine rings is 2. The maximum atomic E-state index is 13.7. The van der Waals surface area contributed by atoms with Crippen LogP contribution < -0.4 is 11.1 Å². The highest BCUT2D eigenvalue weighted by Crippen LogP contribution is 2.24. The summed E-state index contributed by atoms with van der Waals surface area (Å²) in [6.07, 6.45) is 3.34. The van der Waals surface area contributed by atoms with Gasteiger partial charge in [-0.3, -0.25) is 28.7 Å². The summed E-state index contributed by atoms with van der Waals surface area (Å²) in [7, 11) is 0. The molecule has 7 aromatic rings. The molecule has 0 aliphatic heterocycles. The van der Waals surface area contributed by atoms with Crippen molar-refractivity contribution in [3.8, 4) is 34.4 Å². The van der Waals surface area contributed by atoms with Crippen LogP contribution in [-0.4, -0.2) is 29.1 Å². The van der Waals surface area contributed by atoms with Crippen molar-refractivity contribution in [3.05, 3.63) is 142 Å². The Morgan fingerprint density at radius 3 is 1.25 bits per heavy atom. The fraction of sp³-hybridized carbons (Fsp3) is 0. The van der Waals surface area contributed by atoms with E-state index in [1.54, 1.807) is 57.9 Å². The number of aromatic nitrogens is 6. The van der Waals surface area contributed by atoms with Crippen molar-refractivity contribution in [1.29, 1.82) is 0 Å². The van der Waals surface area contributed by atoms with Crippen LogP contribution in [0.25, 0.3) is 56.2 Å². The minimum atomic E-state index is -0.210. The van der Waals surface area contributed by atoms with E-state index in [9.17, 15) is 9.59 Å². The standard InChI is InChI=1S/C32H20N6O2/c39-31-23-9-1-3-11-25(23)35-29(27-13-5-7-19-33-27)37(31)21-15-17-22(18-16-21)38-30(28-14-6-8-20-34-28)36-26-12-4-2-10-24(26)32(38)40/h1-20H. The topological polar surface area (TPSA) is 95.6 Å². The molecule has 4 aromatic heterocycles. The second-order valence-corrected chi connectivity index (χ2v) is 9.13. The van der Waals surface area contributed by atoms with E-state index in [1.807, 2.05) is 72.8 Å². The van der Waals surface area contributed by atoms with Crippen LogP contribution in [0, 0.1) is 0 Å². The molecule has 0 fully saturated rings. The van der Waals surface area contributed by atoms with E-state index in [-0.39, 0.29) is 11.1 Å². The summed E-state index contributed by atoms with van der Waals surface area (Å²) < 4.78 is 3.10. The number of para-hydroxylation sites is 2. The molecular weight excluding hydrogens is 500 g/mol. The summed E-state index contributed by atoms with van der Waals surface area (Å²) in [5.74, 6) is 0.853. The van der Waals surface area contributed by atoms with E-state index in [2.05, 4.69) is 9.97 Å². The Morgan fingerprint density at radius 2 is 0.850 bits per heavy atom. The lowest BCUT2D eigenvalue weighted by atomic mass is 10.2. The van der Waals surface area contributed by atoms with Crippen LogP contribution in [0.1, 0.15) is 0 Å². The van der Waals surface area contributed by atoms with Gasteiger partial charge in [0, 0.05) is 12.4 Å². The van der Waals surface area contributed by atoms with Gasteiger partial charge in [0.1, 0.15) is 11.4 Å². The van der Waals surface area contributed by atoms with Gasteiger partial charge in [-0.05, 0) is 72.8 Å². The lowest BCUT2D eigenvalue weighted by molar-refractivity contribution is 0.947. The summed E-state index contributed by atoms with van der Waals surface area (Å²) in [6.45, 7) is 0. The average Bonchev–Trinajstić information content (AvgIpc) is 3.02. The number of hydrogen-bond donors (Lipinski definition) is 0. The molecule has 4 heterocycles. The van der Waals surface area contributed by atoms with Gasteiger partial charge in [-0.15, -0.1) is 0 Å². The molecule has 40 heavy (non-hydrogen) atoms. The van der Waals surface area contributed by atoms with Crippen molar-refractivity contribution in [2.45, 2.75) is 0 Å². The molecule has 0 N–H and O–H groups in total. The average molecular weight is 521 g/mol. The van der Waals surface area contributed by atoms with E-state index >= 15 is 0 Å². The third-order valence-corrected chi connectivity index (χ3v) is 6.71. The van der Waals surface area contributed by atoms with Gasteiger partial charge in [0.15, 0.2) is 11.6 Å². The number of fused-ring (bicyclic) bond motifs is 2. The predicted octanol–water partition coefficient (Wildman–Crippen LogP) is 5.21. The zero-order valence-electron chi connectivity index (χ0n) is 21.0. The molecule has 0 radical (unpaired) electrons. The summed E-state index contributed by atoms with van der Waals surface area (Å²) in [5, 5.41) is 0.997. The third kappa shape index (κ3) is 3.86. The maximum absolute atomic E-state index is 13.7. The number of hydrogen-bond acceptors (Lipinski definition) is 6. The highest BCUT2D eigenvalue weighted by molar-refractivity contribution is 5.81. The van der Waals surface area contributed by atoms with Gasteiger partial charge in [-0.2, -0.15) is 0 Å². The number of nitrogens with zero attached hydrogens (tertiary/aromatic N) is 6. The monoisotopic (exact) mass is 520 g/mol. The molecule has 0 amide bonds. The van der Waals surface area contributed by atoms with Gasteiger partial charge in [0.2, 0.25) is 0 Å².